The zero-order valence-electron chi connectivity index (χ0n) is 13.9. The fourth-order valence-electron chi connectivity index (χ4n) is 1.95. The van der Waals surface area contributed by atoms with Gasteiger partial charge in [0.05, 0.1) is 0 Å². The van der Waals surface area contributed by atoms with Crippen molar-refractivity contribution in [2.45, 2.75) is 63.6 Å². The van der Waals surface area contributed by atoms with Gasteiger partial charge in [0.2, 0.25) is 0 Å². The molecule has 0 saturated carbocycles. The van der Waals surface area contributed by atoms with Crippen molar-refractivity contribution in [1.82, 2.24) is 0 Å². The molecule has 0 aliphatic carbocycles. The van der Waals surface area contributed by atoms with Crippen LogP contribution in [0.4, 0.5) is 26.3 Å². The molecule has 0 saturated heterocycles. The minimum atomic E-state index is -5.09. The third-order valence-corrected chi connectivity index (χ3v) is 4.03. The molecule has 2 N–H and O–H groups in total. The molecule has 0 amide bonds. The van der Waals surface area contributed by atoms with Gasteiger partial charge in [0.25, 0.3) is 0 Å². The second-order valence-corrected chi connectivity index (χ2v) is 7.19. The van der Waals surface area contributed by atoms with Crippen LogP contribution >= 0.6 is 0 Å². The number of hydrogen-bond acceptors (Lipinski definition) is 2. The largest absolute Gasteiger partial charge is 0.421 e. The van der Waals surface area contributed by atoms with E-state index in [9.17, 15) is 36.6 Å². The molecule has 0 aliphatic rings. The van der Waals surface area contributed by atoms with Crippen molar-refractivity contribution in [3.05, 3.63) is 34.9 Å². The van der Waals surface area contributed by atoms with Crippen molar-refractivity contribution in [3.8, 4) is 0 Å². The van der Waals surface area contributed by atoms with Crippen molar-refractivity contribution in [3.63, 3.8) is 0 Å². The lowest BCUT2D eigenvalue weighted by molar-refractivity contribution is -0.261. The van der Waals surface area contributed by atoms with E-state index in [1.807, 2.05) is 0 Å². The smallest absolute Gasteiger partial charge is 0.376 e. The van der Waals surface area contributed by atoms with Gasteiger partial charge in [0, 0.05) is 0 Å². The van der Waals surface area contributed by atoms with Gasteiger partial charge in [0.1, 0.15) is 0 Å². The molecule has 0 aliphatic heterocycles. The SMILES string of the molecule is CC(C)(C)c1cc(C(C)(O)C(F)(F)F)cc(C(C)(O)C(F)(F)F)c1. The van der Waals surface area contributed by atoms with Gasteiger partial charge < -0.3 is 10.2 Å². The first kappa shape index (κ1) is 20.8. The summed E-state index contributed by atoms with van der Waals surface area (Å²) in [5.41, 5.74) is -8.91. The number of hydrogen-bond donors (Lipinski definition) is 2. The highest BCUT2D eigenvalue weighted by Gasteiger charge is 2.54. The summed E-state index contributed by atoms with van der Waals surface area (Å²) in [5.74, 6) is 0. The maximum Gasteiger partial charge on any atom is 0.421 e. The van der Waals surface area contributed by atoms with Gasteiger partial charge in [-0.1, -0.05) is 32.9 Å². The van der Waals surface area contributed by atoms with Gasteiger partial charge in [-0.15, -0.1) is 0 Å². The summed E-state index contributed by atoms with van der Waals surface area (Å²) < 4.78 is 78.4. The lowest BCUT2D eigenvalue weighted by atomic mass is 9.79. The first-order valence-corrected chi connectivity index (χ1v) is 7.06. The van der Waals surface area contributed by atoms with Gasteiger partial charge in [0.15, 0.2) is 11.2 Å². The van der Waals surface area contributed by atoms with Gasteiger partial charge in [-0.25, -0.2) is 0 Å². The van der Waals surface area contributed by atoms with Crippen LogP contribution in [0.15, 0.2) is 18.2 Å². The summed E-state index contributed by atoms with van der Waals surface area (Å²) in [5, 5.41) is 19.6. The molecule has 0 radical (unpaired) electrons. The van der Waals surface area contributed by atoms with E-state index in [0.717, 1.165) is 12.1 Å². The summed E-state index contributed by atoms with van der Waals surface area (Å²) in [7, 11) is 0. The molecule has 1 aromatic rings. The molecule has 0 bridgehead atoms. The molecule has 2 unspecified atom stereocenters. The molecule has 0 aromatic heterocycles. The number of rotatable bonds is 2. The normalized spacial score (nSPS) is 18.9. The summed E-state index contributed by atoms with van der Waals surface area (Å²) in [6, 6.07) is 2.54. The van der Waals surface area contributed by atoms with Gasteiger partial charge in [-0.05, 0) is 42.0 Å². The molecule has 0 fully saturated rings. The Labute approximate surface area is 136 Å². The monoisotopic (exact) mass is 358 g/mol. The predicted octanol–water partition coefficient (Wildman–Crippen LogP) is 4.52. The van der Waals surface area contributed by atoms with Crippen LogP contribution in [0.5, 0.6) is 0 Å². The lowest BCUT2D eigenvalue weighted by Gasteiger charge is -2.33. The predicted molar refractivity (Wildman–Crippen MR) is 76.4 cm³/mol. The molecular formula is C16H20F6O2. The molecule has 24 heavy (non-hydrogen) atoms. The molecule has 0 heterocycles. The zero-order chi connectivity index (χ0) is 19.4. The standard InChI is InChI=1S/C16H20F6O2/c1-12(2,3)9-6-10(13(4,23)15(17,18)19)8-11(7-9)14(5,24)16(20,21)22/h6-8,23-24H,1-5H3. The third-order valence-electron chi connectivity index (χ3n) is 4.03. The third kappa shape index (κ3) is 3.69. The van der Waals surface area contributed by atoms with Crippen LogP contribution in [0, 0.1) is 0 Å². The van der Waals surface area contributed by atoms with Crippen LogP contribution in [-0.2, 0) is 16.6 Å². The lowest BCUT2D eigenvalue weighted by Crippen LogP contribution is -2.42. The molecule has 2 nitrogen and oxygen atoms in total. The van der Waals surface area contributed by atoms with Crippen LogP contribution in [0.3, 0.4) is 0 Å². The van der Waals surface area contributed by atoms with Gasteiger partial charge in [-0.3, -0.25) is 0 Å². The summed E-state index contributed by atoms with van der Waals surface area (Å²) in [6.07, 6.45) is -10.2. The molecular weight excluding hydrogens is 338 g/mol. The van der Waals surface area contributed by atoms with E-state index in [4.69, 9.17) is 0 Å². The summed E-state index contributed by atoms with van der Waals surface area (Å²) in [6.45, 7) is 5.71. The summed E-state index contributed by atoms with van der Waals surface area (Å²) in [4.78, 5) is 0. The van der Waals surface area contributed by atoms with Crippen molar-refractivity contribution < 1.29 is 36.6 Å². The molecule has 1 aromatic carbocycles. The minimum absolute atomic E-state index is 0.129. The maximum atomic E-state index is 13.1. The Bertz CT molecular complexity index is 562. The molecule has 8 heteroatoms. The number of halogens is 6. The Hall–Kier alpha value is -1.28. The number of aliphatic hydroxyl groups is 2. The highest BCUT2D eigenvalue weighted by atomic mass is 19.4. The summed E-state index contributed by atoms with van der Waals surface area (Å²) >= 11 is 0. The average molecular weight is 358 g/mol. The Morgan fingerprint density at radius 3 is 1.04 bits per heavy atom. The van der Waals surface area contributed by atoms with Crippen LogP contribution in [0.1, 0.15) is 51.3 Å². The molecule has 0 spiro atoms. The Morgan fingerprint density at radius 2 is 0.833 bits per heavy atom. The highest BCUT2D eigenvalue weighted by molar-refractivity contribution is 5.40. The van der Waals surface area contributed by atoms with E-state index >= 15 is 0 Å². The van der Waals surface area contributed by atoms with E-state index < -0.39 is 40.1 Å². The molecule has 2 atom stereocenters. The van der Waals surface area contributed by atoms with Crippen molar-refractivity contribution in [1.29, 1.82) is 0 Å². The quantitative estimate of drug-likeness (QED) is 0.763. The Kier molecular flexibility index (Phi) is 4.87. The molecule has 1 rings (SSSR count). The number of alkyl halides is 6. The fourth-order valence-corrected chi connectivity index (χ4v) is 1.95. The number of benzene rings is 1. The first-order valence-electron chi connectivity index (χ1n) is 7.06. The van der Waals surface area contributed by atoms with Crippen LogP contribution in [0.25, 0.3) is 0 Å². The van der Waals surface area contributed by atoms with E-state index in [1.165, 1.54) is 0 Å². The topological polar surface area (TPSA) is 40.5 Å². The molecule has 138 valence electrons. The average Bonchev–Trinajstić information content (AvgIpc) is 2.34. The minimum Gasteiger partial charge on any atom is -0.376 e. The van der Waals surface area contributed by atoms with E-state index in [1.54, 1.807) is 20.8 Å². The van der Waals surface area contributed by atoms with Crippen LogP contribution in [-0.4, -0.2) is 22.6 Å². The Balaban J connectivity index is 3.75. The van der Waals surface area contributed by atoms with E-state index in [0.29, 0.717) is 19.9 Å². The fraction of sp³-hybridized carbons (Fsp3) is 0.625. The Morgan fingerprint density at radius 1 is 0.583 bits per heavy atom. The van der Waals surface area contributed by atoms with Gasteiger partial charge in [-0.2, -0.15) is 26.3 Å². The van der Waals surface area contributed by atoms with Crippen molar-refractivity contribution in [2.24, 2.45) is 0 Å². The van der Waals surface area contributed by atoms with E-state index in [2.05, 4.69) is 0 Å². The second kappa shape index (κ2) is 5.62. The van der Waals surface area contributed by atoms with Crippen molar-refractivity contribution in [2.75, 3.05) is 0 Å². The first-order chi connectivity index (χ1) is 10.3. The van der Waals surface area contributed by atoms with Crippen LogP contribution < -0.4 is 0 Å². The second-order valence-electron chi connectivity index (χ2n) is 7.19. The van der Waals surface area contributed by atoms with Crippen molar-refractivity contribution >= 4 is 0 Å². The van der Waals surface area contributed by atoms with E-state index in [-0.39, 0.29) is 5.56 Å². The van der Waals surface area contributed by atoms with Crippen LogP contribution in [0.2, 0.25) is 0 Å². The highest BCUT2D eigenvalue weighted by Crippen LogP contribution is 2.44. The zero-order valence-corrected chi connectivity index (χ0v) is 13.9. The maximum absolute atomic E-state index is 13.1. The van der Waals surface area contributed by atoms with Gasteiger partial charge >= 0.3 is 12.4 Å².